The SMILES string of the molecule is CCCNC(CC1CCC1)c1cc2cc(Cl)ccc2o1. The maximum absolute atomic E-state index is 6.05. The van der Waals surface area contributed by atoms with Crippen molar-refractivity contribution in [1.82, 2.24) is 5.32 Å². The quantitative estimate of drug-likeness (QED) is 0.779. The predicted octanol–water partition coefficient (Wildman–Crippen LogP) is 5.32. The summed E-state index contributed by atoms with van der Waals surface area (Å²) in [5.74, 6) is 1.92. The van der Waals surface area contributed by atoms with E-state index in [-0.39, 0.29) is 0 Å². The van der Waals surface area contributed by atoms with Crippen LogP contribution in [0.25, 0.3) is 11.0 Å². The number of hydrogen-bond acceptors (Lipinski definition) is 2. The lowest BCUT2D eigenvalue weighted by Gasteiger charge is -2.29. The van der Waals surface area contributed by atoms with Gasteiger partial charge in [-0.3, -0.25) is 0 Å². The number of furan rings is 1. The van der Waals surface area contributed by atoms with Crippen LogP contribution in [-0.2, 0) is 0 Å². The minimum absolute atomic E-state index is 0.339. The van der Waals surface area contributed by atoms with Gasteiger partial charge in [0.25, 0.3) is 0 Å². The Kier molecular flexibility index (Phi) is 4.32. The molecule has 1 aliphatic carbocycles. The number of fused-ring (bicyclic) bond motifs is 1. The first-order valence-corrected chi connectivity index (χ1v) is 8.06. The Balaban J connectivity index is 1.82. The summed E-state index contributed by atoms with van der Waals surface area (Å²) in [6.07, 6.45) is 6.47. The van der Waals surface area contributed by atoms with E-state index in [1.54, 1.807) is 0 Å². The van der Waals surface area contributed by atoms with Gasteiger partial charge in [-0.15, -0.1) is 0 Å². The van der Waals surface area contributed by atoms with Crippen LogP contribution in [0.3, 0.4) is 0 Å². The van der Waals surface area contributed by atoms with Crippen LogP contribution in [0.4, 0.5) is 0 Å². The van der Waals surface area contributed by atoms with Crippen LogP contribution in [0.2, 0.25) is 5.02 Å². The molecule has 0 amide bonds. The molecular formula is C17H22ClNO. The first kappa shape index (κ1) is 14.0. The third-order valence-electron chi connectivity index (χ3n) is 4.28. The topological polar surface area (TPSA) is 25.2 Å². The molecule has 1 unspecified atom stereocenters. The van der Waals surface area contributed by atoms with Gasteiger partial charge in [0.1, 0.15) is 11.3 Å². The first-order chi connectivity index (χ1) is 9.76. The summed E-state index contributed by atoms with van der Waals surface area (Å²) in [6.45, 7) is 3.24. The molecule has 1 atom stereocenters. The van der Waals surface area contributed by atoms with Crippen LogP contribution in [0.15, 0.2) is 28.7 Å². The van der Waals surface area contributed by atoms with E-state index in [1.165, 1.54) is 25.7 Å². The van der Waals surface area contributed by atoms with Crippen LogP contribution < -0.4 is 5.32 Å². The molecule has 1 saturated carbocycles. The molecular weight excluding hydrogens is 270 g/mol. The summed E-state index contributed by atoms with van der Waals surface area (Å²) in [7, 11) is 0. The minimum Gasteiger partial charge on any atom is -0.459 e. The van der Waals surface area contributed by atoms with Gasteiger partial charge >= 0.3 is 0 Å². The predicted molar refractivity (Wildman–Crippen MR) is 84.2 cm³/mol. The van der Waals surface area contributed by atoms with Gasteiger partial charge in [-0.2, -0.15) is 0 Å². The maximum Gasteiger partial charge on any atom is 0.134 e. The average Bonchev–Trinajstić information content (AvgIpc) is 2.79. The number of rotatable bonds is 6. The van der Waals surface area contributed by atoms with Crippen molar-refractivity contribution in [2.24, 2.45) is 5.92 Å². The highest BCUT2D eigenvalue weighted by atomic mass is 35.5. The normalized spacial score (nSPS) is 17.3. The lowest BCUT2D eigenvalue weighted by molar-refractivity contribution is 0.248. The van der Waals surface area contributed by atoms with Gasteiger partial charge in [-0.25, -0.2) is 0 Å². The molecule has 1 fully saturated rings. The van der Waals surface area contributed by atoms with Crippen molar-refractivity contribution in [2.45, 2.75) is 45.1 Å². The molecule has 1 aromatic heterocycles. The number of halogens is 1. The zero-order chi connectivity index (χ0) is 13.9. The molecule has 20 heavy (non-hydrogen) atoms. The number of benzene rings is 1. The number of hydrogen-bond donors (Lipinski definition) is 1. The van der Waals surface area contributed by atoms with E-state index in [4.69, 9.17) is 16.0 Å². The largest absolute Gasteiger partial charge is 0.459 e. The highest BCUT2D eigenvalue weighted by molar-refractivity contribution is 6.31. The molecule has 2 aromatic rings. The molecule has 3 heteroatoms. The fourth-order valence-corrected chi connectivity index (χ4v) is 3.07. The first-order valence-electron chi connectivity index (χ1n) is 7.68. The lowest BCUT2D eigenvalue weighted by Crippen LogP contribution is -2.26. The molecule has 0 saturated heterocycles. The van der Waals surface area contributed by atoms with Crippen molar-refractivity contribution in [3.8, 4) is 0 Å². The van der Waals surface area contributed by atoms with Gasteiger partial charge in [-0.1, -0.05) is 37.8 Å². The third-order valence-corrected chi connectivity index (χ3v) is 4.51. The van der Waals surface area contributed by atoms with Crippen molar-refractivity contribution >= 4 is 22.6 Å². The second kappa shape index (κ2) is 6.19. The Labute approximate surface area is 125 Å². The van der Waals surface area contributed by atoms with Crippen molar-refractivity contribution in [3.63, 3.8) is 0 Å². The van der Waals surface area contributed by atoms with Gasteiger partial charge in [-0.05, 0) is 49.6 Å². The van der Waals surface area contributed by atoms with E-state index in [9.17, 15) is 0 Å². The molecule has 1 N–H and O–H groups in total. The van der Waals surface area contributed by atoms with Gasteiger partial charge < -0.3 is 9.73 Å². The monoisotopic (exact) mass is 291 g/mol. The van der Waals surface area contributed by atoms with E-state index < -0.39 is 0 Å². The molecule has 108 valence electrons. The molecule has 0 radical (unpaired) electrons. The molecule has 1 aromatic carbocycles. The van der Waals surface area contributed by atoms with E-state index in [0.29, 0.717) is 6.04 Å². The Bertz CT molecular complexity index is 573. The summed E-state index contributed by atoms with van der Waals surface area (Å²) < 4.78 is 6.03. The Morgan fingerprint density at radius 1 is 1.35 bits per heavy atom. The van der Waals surface area contributed by atoms with E-state index in [0.717, 1.165) is 40.6 Å². The zero-order valence-electron chi connectivity index (χ0n) is 12.0. The third kappa shape index (κ3) is 3.02. The summed E-state index contributed by atoms with van der Waals surface area (Å²) >= 11 is 6.05. The Hall–Kier alpha value is -0.990. The van der Waals surface area contributed by atoms with E-state index >= 15 is 0 Å². The van der Waals surface area contributed by atoms with Gasteiger partial charge in [0, 0.05) is 10.4 Å². The summed E-state index contributed by atoms with van der Waals surface area (Å²) in [5, 5.41) is 5.50. The van der Waals surface area contributed by atoms with Crippen LogP contribution in [0.1, 0.15) is 50.8 Å². The highest BCUT2D eigenvalue weighted by Crippen LogP contribution is 2.36. The highest BCUT2D eigenvalue weighted by Gasteiger charge is 2.24. The van der Waals surface area contributed by atoms with Gasteiger partial charge in [0.15, 0.2) is 0 Å². The molecule has 3 rings (SSSR count). The van der Waals surface area contributed by atoms with Crippen molar-refractivity contribution in [3.05, 3.63) is 35.0 Å². The van der Waals surface area contributed by atoms with Crippen LogP contribution in [-0.4, -0.2) is 6.54 Å². The summed E-state index contributed by atoms with van der Waals surface area (Å²) in [5.41, 5.74) is 0.932. The minimum atomic E-state index is 0.339. The molecule has 0 aliphatic heterocycles. The Morgan fingerprint density at radius 3 is 2.90 bits per heavy atom. The smallest absolute Gasteiger partial charge is 0.134 e. The molecule has 0 spiro atoms. The lowest BCUT2D eigenvalue weighted by atomic mass is 9.80. The summed E-state index contributed by atoms with van der Waals surface area (Å²) in [6, 6.07) is 8.31. The second-order valence-corrected chi connectivity index (χ2v) is 6.31. The van der Waals surface area contributed by atoms with E-state index in [1.807, 2.05) is 18.2 Å². The molecule has 2 nitrogen and oxygen atoms in total. The number of nitrogens with one attached hydrogen (secondary N) is 1. The fraction of sp³-hybridized carbons (Fsp3) is 0.529. The van der Waals surface area contributed by atoms with Crippen LogP contribution in [0.5, 0.6) is 0 Å². The molecule has 1 heterocycles. The average molecular weight is 292 g/mol. The maximum atomic E-state index is 6.05. The van der Waals surface area contributed by atoms with E-state index in [2.05, 4.69) is 18.3 Å². The van der Waals surface area contributed by atoms with Crippen LogP contribution in [0, 0.1) is 5.92 Å². The Morgan fingerprint density at radius 2 is 2.20 bits per heavy atom. The molecule has 1 aliphatic rings. The fourth-order valence-electron chi connectivity index (χ4n) is 2.89. The summed E-state index contributed by atoms with van der Waals surface area (Å²) in [4.78, 5) is 0. The molecule has 0 bridgehead atoms. The van der Waals surface area contributed by atoms with Crippen LogP contribution >= 0.6 is 11.6 Å². The van der Waals surface area contributed by atoms with Crippen molar-refractivity contribution < 1.29 is 4.42 Å². The van der Waals surface area contributed by atoms with Gasteiger partial charge in [0.2, 0.25) is 0 Å². The standard InChI is InChI=1S/C17H22ClNO/c1-2-8-19-15(9-12-4-3-5-12)17-11-13-10-14(18)6-7-16(13)20-17/h6-7,10-12,15,19H,2-5,8-9H2,1H3. The zero-order valence-corrected chi connectivity index (χ0v) is 12.7. The van der Waals surface area contributed by atoms with Crippen molar-refractivity contribution in [2.75, 3.05) is 6.54 Å². The van der Waals surface area contributed by atoms with Gasteiger partial charge in [0.05, 0.1) is 6.04 Å². The van der Waals surface area contributed by atoms with Crippen molar-refractivity contribution in [1.29, 1.82) is 0 Å². The second-order valence-electron chi connectivity index (χ2n) is 5.87.